The van der Waals surface area contributed by atoms with E-state index in [4.69, 9.17) is 26.1 Å². The molecule has 8 nitrogen and oxygen atoms in total. The fourth-order valence-electron chi connectivity index (χ4n) is 5.45. The molecule has 1 N–H and O–H groups in total. The molecule has 220 valence electrons. The van der Waals surface area contributed by atoms with Crippen LogP contribution in [0.25, 0.3) is 11.0 Å². The number of pyridine rings is 1. The van der Waals surface area contributed by atoms with Gasteiger partial charge in [-0.15, -0.1) is 0 Å². The van der Waals surface area contributed by atoms with E-state index in [1.165, 1.54) is 6.07 Å². The molecule has 2 aliphatic heterocycles. The zero-order valence-corrected chi connectivity index (χ0v) is 23.5. The summed E-state index contributed by atoms with van der Waals surface area (Å²) in [5.41, 5.74) is 2.38. The summed E-state index contributed by atoms with van der Waals surface area (Å²) in [6.07, 6.45) is -3.34. The predicted octanol–water partition coefficient (Wildman–Crippen LogP) is 6.29. The number of carboxylic acids is 1. The molecule has 2 aliphatic rings. The third-order valence-corrected chi connectivity index (χ3v) is 8.16. The minimum Gasteiger partial charge on any atom is -0.478 e. The summed E-state index contributed by atoms with van der Waals surface area (Å²) in [6, 6.07) is 12.4. The Morgan fingerprint density at radius 1 is 1.17 bits per heavy atom. The van der Waals surface area contributed by atoms with E-state index in [-0.39, 0.29) is 24.3 Å². The molecule has 4 aromatic rings. The molecule has 42 heavy (non-hydrogen) atoms. The van der Waals surface area contributed by atoms with Gasteiger partial charge in [0.15, 0.2) is 0 Å². The normalized spacial score (nSPS) is 19.0. The quantitative estimate of drug-likeness (QED) is 0.254. The maximum atomic E-state index is 14.0. The highest BCUT2D eigenvalue weighted by atomic mass is 35.5. The number of rotatable bonds is 8. The molecule has 0 aliphatic carbocycles. The summed E-state index contributed by atoms with van der Waals surface area (Å²) < 4.78 is 55.3. The molecule has 0 radical (unpaired) electrons. The van der Waals surface area contributed by atoms with Crippen molar-refractivity contribution in [3.63, 3.8) is 0 Å². The standard InChI is InChI=1S/C30H28ClF3N4O4/c1-17-27-19(12-23(30(32,33)34)28(36-27)42-16-18-2-5-21(31)6-3-18)8-10-37(17)15-26-35-24-7-4-20(29(39)40)13-25(24)38(26)14-22-9-11-41-22/h2-7,12-13,17,22H,8-11,14-16H2,1H3,(H,39,40)/t17-,22-/m0/s1. The van der Waals surface area contributed by atoms with Gasteiger partial charge in [-0.3, -0.25) is 4.90 Å². The topological polar surface area (TPSA) is 89.7 Å². The van der Waals surface area contributed by atoms with Crippen LogP contribution in [0.5, 0.6) is 5.88 Å². The van der Waals surface area contributed by atoms with E-state index in [0.29, 0.717) is 65.5 Å². The van der Waals surface area contributed by atoms with Gasteiger partial charge in [0.2, 0.25) is 5.88 Å². The molecule has 2 aromatic heterocycles. The largest absolute Gasteiger partial charge is 0.478 e. The molecular weight excluding hydrogens is 573 g/mol. The van der Waals surface area contributed by atoms with Crippen molar-refractivity contribution in [1.82, 2.24) is 19.4 Å². The van der Waals surface area contributed by atoms with Crippen molar-refractivity contribution < 1.29 is 32.5 Å². The zero-order valence-electron chi connectivity index (χ0n) is 22.7. The maximum absolute atomic E-state index is 14.0. The van der Waals surface area contributed by atoms with E-state index >= 15 is 0 Å². The summed E-state index contributed by atoms with van der Waals surface area (Å²) in [7, 11) is 0. The lowest BCUT2D eigenvalue weighted by molar-refractivity contribution is -0.139. The van der Waals surface area contributed by atoms with Gasteiger partial charge in [0.1, 0.15) is 18.0 Å². The van der Waals surface area contributed by atoms with Crippen LogP contribution in [0.2, 0.25) is 5.02 Å². The smallest absolute Gasteiger partial charge is 0.421 e. The molecule has 0 saturated carbocycles. The number of carboxylic acid groups (broad SMARTS) is 1. The molecule has 6 rings (SSSR count). The molecule has 0 bridgehead atoms. The first-order valence-electron chi connectivity index (χ1n) is 13.6. The third kappa shape index (κ3) is 5.68. The number of carbonyl (C=O) groups is 1. The van der Waals surface area contributed by atoms with Crippen LogP contribution in [0.4, 0.5) is 13.2 Å². The summed E-state index contributed by atoms with van der Waals surface area (Å²) in [5.74, 6) is -0.754. The van der Waals surface area contributed by atoms with E-state index < -0.39 is 23.6 Å². The second kappa shape index (κ2) is 11.2. The Bertz CT molecular complexity index is 1640. The van der Waals surface area contributed by atoms with Crippen LogP contribution in [0.1, 0.15) is 58.0 Å². The molecule has 12 heteroatoms. The number of imidazole rings is 1. The SMILES string of the molecule is C[C@H]1c2nc(OCc3ccc(Cl)cc3)c(C(F)(F)F)cc2CCN1Cc1nc2ccc(C(=O)O)cc2n1C[C@@H]1CCO1. The number of hydrogen-bond acceptors (Lipinski definition) is 6. The average Bonchev–Trinajstić information content (AvgIpc) is 3.27. The Labute approximate surface area is 244 Å². The first-order valence-corrected chi connectivity index (χ1v) is 14.0. The van der Waals surface area contributed by atoms with E-state index in [1.807, 2.05) is 11.5 Å². The molecule has 1 saturated heterocycles. The maximum Gasteiger partial charge on any atom is 0.421 e. The van der Waals surface area contributed by atoms with Crippen LogP contribution in [-0.2, 0) is 37.0 Å². The Morgan fingerprint density at radius 2 is 1.93 bits per heavy atom. The van der Waals surface area contributed by atoms with Crippen LogP contribution < -0.4 is 4.74 Å². The number of aromatic nitrogens is 3. The average molecular weight is 601 g/mol. The van der Waals surface area contributed by atoms with Crippen molar-refractivity contribution in [2.24, 2.45) is 0 Å². The molecule has 0 spiro atoms. The van der Waals surface area contributed by atoms with Crippen molar-refractivity contribution in [1.29, 1.82) is 0 Å². The van der Waals surface area contributed by atoms with Gasteiger partial charge in [-0.25, -0.2) is 14.8 Å². The Kier molecular flexibility index (Phi) is 7.59. The van der Waals surface area contributed by atoms with E-state index in [9.17, 15) is 23.1 Å². The van der Waals surface area contributed by atoms with Crippen molar-refractivity contribution in [2.75, 3.05) is 13.2 Å². The minimum absolute atomic E-state index is 0.0111. The van der Waals surface area contributed by atoms with Gasteiger partial charge >= 0.3 is 12.1 Å². The van der Waals surface area contributed by atoms with E-state index in [2.05, 4.69) is 9.88 Å². The number of ether oxygens (including phenoxy) is 2. The van der Waals surface area contributed by atoms with Crippen LogP contribution in [0.3, 0.4) is 0 Å². The third-order valence-electron chi connectivity index (χ3n) is 7.90. The fraction of sp³-hybridized carbons (Fsp3) is 0.367. The lowest BCUT2D eigenvalue weighted by Gasteiger charge is -2.35. The number of hydrogen-bond donors (Lipinski definition) is 1. The summed E-state index contributed by atoms with van der Waals surface area (Å²) in [4.78, 5) is 23.0. The molecule has 1 fully saturated rings. The van der Waals surface area contributed by atoms with Crippen LogP contribution >= 0.6 is 11.6 Å². The molecule has 2 aromatic carbocycles. The predicted molar refractivity (Wildman–Crippen MR) is 149 cm³/mol. The highest BCUT2D eigenvalue weighted by molar-refractivity contribution is 6.30. The van der Waals surface area contributed by atoms with Gasteiger partial charge in [-0.1, -0.05) is 23.7 Å². The Hall–Kier alpha value is -3.67. The molecular formula is C30H28ClF3N4O4. The van der Waals surface area contributed by atoms with Crippen molar-refractivity contribution in [3.8, 4) is 5.88 Å². The number of nitrogens with zero attached hydrogens (tertiary/aromatic N) is 4. The second-order valence-electron chi connectivity index (χ2n) is 10.6. The number of alkyl halides is 3. The number of aromatic carboxylic acids is 1. The highest BCUT2D eigenvalue weighted by Gasteiger charge is 2.38. The lowest BCUT2D eigenvalue weighted by Crippen LogP contribution is -2.36. The minimum atomic E-state index is -4.62. The van der Waals surface area contributed by atoms with Gasteiger partial charge < -0.3 is 19.1 Å². The van der Waals surface area contributed by atoms with Gasteiger partial charge in [-0.05, 0) is 67.3 Å². The van der Waals surface area contributed by atoms with Crippen molar-refractivity contribution in [2.45, 2.75) is 57.8 Å². The van der Waals surface area contributed by atoms with Crippen LogP contribution in [-0.4, -0.2) is 49.8 Å². The Balaban J connectivity index is 1.30. The fourth-order valence-corrected chi connectivity index (χ4v) is 5.58. The first kappa shape index (κ1) is 28.4. The monoisotopic (exact) mass is 600 g/mol. The van der Waals surface area contributed by atoms with E-state index in [1.54, 1.807) is 36.4 Å². The second-order valence-corrected chi connectivity index (χ2v) is 11.1. The van der Waals surface area contributed by atoms with Crippen molar-refractivity contribution in [3.05, 3.63) is 87.3 Å². The van der Waals surface area contributed by atoms with Crippen LogP contribution in [0.15, 0.2) is 48.5 Å². The van der Waals surface area contributed by atoms with Gasteiger partial charge in [0.05, 0.1) is 47.5 Å². The lowest BCUT2D eigenvalue weighted by atomic mass is 9.97. The first-order chi connectivity index (χ1) is 20.1. The number of fused-ring (bicyclic) bond motifs is 2. The summed E-state index contributed by atoms with van der Waals surface area (Å²) in [5, 5.41) is 10.0. The van der Waals surface area contributed by atoms with Gasteiger partial charge in [0.25, 0.3) is 0 Å². The van der Waals surface area contributed by atoms with Crippen LogP contribution in [0, 0.1) is 0 Å². The highest BCUT2D eigenvalue weighted by Crippen LogP contribution is 2.40. The zero-order chi connectivity index (χ0) is 29.6. The van der Waals surface area contributed by atoms with Crippen molar-refractivity contribution >= 4 is 28.6 Å². The molecule has 0 unspecified atom stereocenters. The molecule has 2 atom stereocenters. The molecule has 4 heterocycles. The summed E-state index contributed by atoms with van der Waals surface area (Å²) >= 11 is 5.93. The van der Waals surface area contributed by atoms with Gasteiger partial charge in [-0.2, -0.15) is 13.2 Å². The van der Waals surface area contributed by atoms with Gasteiger partial charge in [0, 0.05) is 18.2 Å². The number of benzene rings is 2. The molecule has 0 amide bonds. The van der Waals surface area contributed by atoms with E-state index in [0.717, 1.165) is 18.3 Å². The summed E-state index contributed by atoms with van der Waals surface area (Å²) in [6.45, 7) is 3.93. The Morgan fingerprint density at radius 3 is 2.60 bits per heavy atom. The number of halogens is 4.